The van der Waals surface area contributed by atoms with E-state index in [9.17, 15) is 31.9 Å². The Balaban J connectivity index is 1.87. The predicted octanol–water partition coefficient (Wildman–Crippen LogP) is 6.49. The van der Waals surface area contributed by atoms with Gasteiger partial charge in [-0.1, -0.05) is 19.1 Å². The number of halogens is 6. The average Bonchev–Trinajstić information content (AvgIpc) is 3.03. The highest BCUT2D eigenvalue weighted by atomic mass is 127. The van der Waals surface area contributed by atoms with E-state index >= 15 is 0 Å². The van der Waals surface area contributed by atoms with Crippen molar-refractivity contribution in [3.8, 4) is 5.75 Å². The van der Waals surface area contributed by atoms with Crippen LogP contribution in [0.1, 0.15) is 47.7 Å². The lowest BCUT2D eigenvalue weighted by Crippen LogP contribution is -2.25. The number of phenols is 1. The van der Waals surface area contributed by atoms with Crippen LogP contribution in [0.3, 0.4) is 0 Å². The fourth-order valence-corrected chi connectivity index (χ4v) is 4.11. The van der Waals surface area contributed by atoms with Gasteiger partial charge in [0.2, 0.25) is 0 Å². The standard InChI is InChI=1S/C24H24F5IN2O2/c1-2-10-32-20(5-3-4-16-6-8-21(33)9-7-16)15-31(22(32)34)14-17-11-18(23(25,26)27)13-19(12-17)24(28,29)30/h6-9,11-13,15,33H,2-5,10,14H2,1H3. The molecule has 0 saturated heterocycles. The van der Waals surface area contributed by atoms with E-state index in [-0.39, 0.29) is 23.5 Å². The summed E-state index contributed by atoms with van der Waals surface area (Å²) in [7, 11) is 0. The molecule has 4 nitrogen and oxygen atoms in total. The first-order valence-corrected chi connectivity index (χ1v) is 11.8. The second-order valence-electron chi connectivity index (χ2n) is 8.12. The predicted molar refractivity (Wildman–Crippen MR) is 128 cm³/mol. The summed E-state index contributed by atoms with van der Waals surface area (Å²) in [5, 5.41) is 9.39. The topological polar surface area (TPSA) is 47.2 Å². The lowest BCUT2D eigenvalue weighted by molar-refractivity contribution is -0.137. The van der Waals surface area contributed by atoms with E-state index in [2.05, 4.69) is 0 Å². The molecule has 0 radical (unpaired) electrons. The molecule has 1 aromatic heterocycles. The first kappa shape index (κ1) is 26.2. The summed E-state index contributed by atoms with van der Waals surface area (Å²) in [5.74, 6) is 0.177. The highest BCUT2D eigenvalue weighted by Gasteiger charge is 2.35. The van der Waals surface area contributed by atoms with Gasteiger partial charge in [0.15, 0.2) is 0 Å². The van der Waals surface area contributed by atoms with Gasteiger partial charge in [0.25, 0.3) is 0 Å². The molecule has 1 N–H and O–H groups in total. The number of alkyl halides is 6. The molecule has 3 aromatic rings. The number of benzene rings is 2. The van der Waals surface area contributed by atoms with Gasteiger partial charge in [0.05, 0.1) is 12.1 Å². The van der Waals surface area contributed by atoms with E-state index in [0.717, 1.165) is 46.0 Å². The van der Waals surface area contributed by atoms with Gasteiger partial charge in [0, 0.05) is 46.6 Å². The van der Waals surface area contributed by atoms with Crippen LogP contribution in [0.2, 0.25) is 0 Å². The molecule has 0 spiro atoms. The van der Waals surface area contributed by atoms with Gasteiger partial charge in [-0.05, 0) is 67.1 Å². The van der Waals surface area contributed by atoms with Gasteiger partial charge in [-0.2, -0.15) is 22.0 Å². The summed E-state index contributed by atoms with van der Waals surface area (Å²) in [4.78, 5) is 12.9. The van der Waals surface area contributed by atoms with Gasteiger partial charge in [-0.25, -0.2) is 4.79 Å². The monoisotopic (exact) mass is 594 g/mol. The molecule has 0 unspecified atom stereocenters. The van der Waals surface area contributed by atoms with E-state index in [4.69, 9.17) is 0 Å². The number of rotatable bonds is 9. The molecule has 184 valence electrons. The Labute approximate surface area is 207 Å². The van der Waals surface area contributed by atoms with E-state index in [1.54, 1.807) is 22.9 Å². The summed E-state index contributed by atoms with van der Waals surface area (Å²) in [6.45, 7) is 2.11. The van der Waals surface area contributed by atoms with Crippen molar-refractivity contribution >= 4 is 22.6 Å². The third kappa shape index (κ3) is 6.61. The molecule has 0 aliphatic rings. The fourth-order valence-electron chi connectivity index (χ4n) is 3.80. The molecule has 10 heteroatoms. The lowest BCUT2D eigenvalue weighted by atomic mass is 10.1. The number of imidazole rings is 1. The zero-order valence-electron chi connectivity index (χ0n) is 18.4. The van der Waals surface area contributed by atoms with Crippen LogP contribution in [-0.4, -0.2) is 14.2 Å². The van der Waals surface area contributed by atoms with Crippen molar-refractivity contribution in [2.24, 2.45) is 0 Å². The Morgan fingerprint density at radius 3 is 2.18 bits per heavy atom. The molecule has 0 saturated carbocycles. The second-order valence-corrected chi connectivity index (χ2v) is 9.47. The van der Waals surface area contributed by atoms with Crippen molar-refractivity contribution in [1.82, 2.24) is 9.13 Å². The van der Waals surface area contributed by atoms with E-state index in [1.165, 1.54) is 4.57 Å². The number of hydrogen-bond donors (Lipinski definition) is 1. The molecular weight excluding hydrogens is 570 g/mol. The van der Waals surface area contributed by atoms with Crippen LogP contribution in [0.5, 0.6) is 5.75 Å². The van der Waals surface area contributed by atoms with Crippen LogP contribution < -0.4 is 5.69 Å². The quantitative estimate of drug-likeness (QED) is 0.175. The Kier molecular flexibility index (Phi) is 8.10. The maximum absolute atomic E-state index is 13.8. The first-order chi connectivity index (χ1) is 15.9. The van der Waals surface area contributed by atoms with Crippen molar-refractivity contribution in [3.63, 3.8) is 0 Å². The first-order valence-electron chi connectivity index (χ1n) is 10.7. The van der Waals surface area contributed by atoms with Gasteiger partial charge in [-0.15, -0.1) is 0 Å². The molecule has 3 rings (SSSR count). The summed E-state index contributed by atoms with van der Waals surface area (Å²) in [5.41, 5.74) is -0.580. The molecular formula is C24H24F5IN2O2. The van der Waals surface area contributed by atoms with Gasteiger partial charge < -0.3 is 5.11 Å². The number of hydrogen-bond acceptors (Lipinski definition) is 2. The van der Waals surface area contributed by atoms with Crippen molar-refractivity contribution in [2.45, 2.75) is 55.8 Å². The largest absolute Gasteiger partial charge is 0.508 e. The van der Waals surface area contributed by atoms with Crippen LogP contribution >= 0.6 is 22.6 Å². The SMILES string of the molecule is CCCn1c(CCCc2ccc(O)cc2)cn(Cc2cc(C(F)(F)F)cc(C(F)(F)I)c2)c1=O. The second kappa shape index (κ2) is 10.5. The van der Waals surface area contributed by atoms with E-state index < -0.39 is 21.2 Å². The Morgan fingerprint density at radius 1 is 0.941 bits per heavy atom. The molecule has 0 aliphatic carbocycles. The summed E-state index contributed by atoms with van der Waals surface area (Å²) in [6.07, 6.45) is -0.519. The Morgan fingerprint density at radius 2 is 1.59 bits per heavy atom. The summed E-state index contributed by atoms with van der Waals surface area (Å²) >= 11 is 0.797. The van der Waals surface area contributed by atoms with Crippen molar-refractivity contribution in [2.75, 3.05) is 0 Å². The highest BCUT2D eigenvalue weighted by molar-refractivity contribution is 14.1. The van der Waals surface area contributed by atoms with Crippen molar-refractivity contribution < 1.29 is 27.1 Å². The summed E-state index contributed by atoms with van der Waals surface area (Å²) in [6, 6.07) is 9.08. The fraction of sp³-hybridized carbons (Fsp3) is 0.375. The highest BCUT2D eigenvalue weighted by Crippen LogP contribution is 2.39. The van der Waals surface area contributed by atoms with Crippen LogP contribution in [-0.2, 0) is 36.0 Å². The zero-order valence-corrected chi connectivity index (χ0v) is 20.5. The Hall–Kier alpha value is -2.37. The molecule has 0 aliphatic heterocycles. The van der Waals surface area contributed by atoms with E-state index in [1.807, 2.05) is 19.1 Å². The third-order valence-electron chi connectivity index (χ3n) is 5.41. The number of aryl methyl sites for hydroxylation is 2. The minimum Gasteiger partial charge on any atom is -0.508 e. The maximum atomic E-state index is 13.8. The van der Waals surface area contributed by atoms with Gasteiger partial charge in [-0.3, -0.25) is 9.13 Å². The molecule has 2 aromatic carbocycles. The number of nitrogens with zero attached hydrogens (tertiary/aromatic N) is 2. The Bertz CT molecular complexity index is 1150. The molecule has 0 atom stereocenters. The average molecular weight is 594 g/mol. The van der Waals surface area contributed by atoms with Crippen molar-refractivity contribution in [3.05, 3.63) is 87.1 Å². The van der Waals surface area contributed by atoms with Crippen LogP contribution in [0.15, 0.2) is 53.5 Å². The van der Waals surface area contributed by atoms with Gasteiger partial charge >= 0.3 is 15.8 Å². The molecule has 0 bridgehead atoms. The molecule has 1 heterocycles. The van der Waals surface area contributed by atoms with Crippen molar-refractivity contribution in [1.29, 1.82) is 0 Å². The van der Waals surface area contributed by atoms with Crippen LogP contribution in [0.4, 0.5) is 22.0 Å². The smallest absolute Gasteiger partial charge is 0.416 e. The van der Waals surface area contributed by atoms with Gasteiger partial charge in [0.1, 0.15) is 5.75 Å². The number of aromatic nitrogens is 2. The van der Waals surface area contributed by atoms with Crippen LogP contribution in [0, 0.1) is 0 Å². The molecule has 34 heavy (non-hydrogen) atoms. The summed E-state index contributed by atoms with van der Waals surface area (Å²) < 4.78 is 66.9. The van der Waals surface area contributed by atoms with Crippen LogP contribution in [0.25, 0.3) is 0 Å². The number of phenolic OH excluding ortho intramolecular Hbond substituents is 1. The third-order valence-corrected chi connectivity index (χ3v) is 6.03. The number of aromatic hydroxyl groups is 1. The zero-order chi connectivity index (χ0) is 25.1. The maximum Gasteiger partial charge on any atom is 0.416 e. The van der Waals surface area contributed by atoms with E-state index in [0.29, 0.717) is 38.3 Å². The normalized spacial score (nSPS) is 12.3. The minimum absolute atomic E-state index is 0.0208. The minimum atomic E-state index is -4.79. The molecule has 0 fully saturated rings. The molecule has 0 amide bonds. The lowest BCUT2D eigenvalue weighted by Gasteiger charge is -2.15.